The number of amides is 1. The predicted octanol–water partition coefficient (Wildman–Crippen LogP) is -0.396. The van der Waals surface area contributed by atoms with Crippen molar-refractivity contribution in [1.29, 1.82) is 0 Å². The molecule has 0 saturated carbocycles. The van der Waals surface area contributed by atoms with Crippen LogP contribution in [-0.2, 0) is 9.59 Å². The summed E-state index contributed by atoms with van der Waals surface area (Å²) in [4.78, 5) is 20.5. The first-order chi connectivity index (χ1) is 3.79. The highest BCUT2D eigenvalue weighted by atomic mass is 16.2. The molecule has 1 radical (unpaired) electrons. The third-order valence-electron chi connectivity index (χ3n) is 0.804. The van der Waals surface area contributed by atoms with Gasteiger partial charge in [-0.15, -0.1) is 0 Å². The minimum absolute atomic E-state index is 0.0590. The summed E-state index contributed by atoms with van der Waals surface area (Å²) >= 11 is 0. The summed E-state index contributed by atoms with van der Waals surface area (Å²) in [6.07, 6.45) is 2.46. The van der Waals surface area contributed by atoms with Gasteiger partial charge in [0, 0.05) is 12.3 Å². The second-order valence-corrected chi connectivity index (χ2v) is 1.48. The molecule has 1 rings (SSSR count). The van der Waals surface area contributed by atoms with Gasteiger partial charge in [-0.3, -0.25) is 9.59 Å². The lowest BCUT2D eigenvalue weighted by molar-refractivity contribution is -0.126. The standard InChI is InChI=1S/C5H4NO2/c7-4-1-2-6-5(8)3-4/h1-2H,3H2. The van der Waals surface area contributed by atoms with E-state index in [-0.39, 0.29) is 18.1 Å². The van der Waals surface area contributed by atoms with Crippen LogP contribution in [0.25, 0.3) is 0 Å². The Balaban J connectivity index is 2.68. The van der Waals surface area contributed by atoms with E-state index in [0.29, 0.717) is 0 Å². The zero-order chi connectivity index (χ0) is 5.98. The van der Waals surface area contributed by atoms with E-state index in [1.807, 2.05) is 0 Å². The summed E-state index contributed by atoms with van der Waals surface area (Å²) < 4.78 is 0. The number of rotatable bonds is 0. The monoisotopic (exact) mass is 110 g/mol. The van der Waals surface area contributed by atoms with Gasteiger partial charge in [-0.2, -0.15) is 0 Å². The number of carbonyl (C=O) groups excluding carboxylic acids is 2. The molecule has 0 aromatic heterocycles. The van der Waals surface area contributed by atoms with Gasteiger partial charge < -0.3 is 0 Å². The Morgan fingerprint density at radius 3 is 2.62 bits per heavy atom. The van der Waals surface area contributed by atoms with Crippen LogP contribution >= 0.6 is 0 Å². The Hall–Kier alpha value is -1.12. The first-order valence-corrected chi connectivity index (χ1v) is 2.22. The smallest absolute Gasteiger partial charge is 0.253 e. The second-order valence-electron chi connectivity index (χ2n) is 1.48. The molecule has 0 bridgehead atoms. The van der Waals surface area contributed by atoms with Gasteiger partial charge in [0.1, 0.15) is 0 Å². The molecule has 0 saturated heterocycles. The summed E-state index contributed by atoms with van der Waals surface area (Å²) in [5.74, 6) is -0.512. The fourth-order valence-electron chi connectivity index (χ4n) is 0.457. The Labute approximate surface area is 46.4 Å². The summed E-state index contributed by atoms with van der Waals surface area (Å²) in [5.41, 5.74) is 0. The van der Waals surface area contributed by atoms with Crippen LogP contribution in [0.2, 0.25) is 0 Å². The van der Waals surface area contributed by atoms with Gasteiger partial charge in [0.25, 0.3) is 5.91 Å². The number of nitrogens with zero attached hydrogens (tertiary/aromatic N) is 1. The molecule has 0 N–H and O–H groups in total. The van der Waals surface area contributed by atoms with Crippen molar-refractivity contribution in [3.05, 3.63) is 12.3 Å². The molecule has 0 aliphatic carbocycles. The maximum Gasteiger partial charge on any atom is 0.253 e. The molecule has 1 heterocycles. The number of allylic oxidation sites excluding steroid dienone is 1. The third-order valence-corrected chi connectivity index (χ3v) is 0.804. The van der Waals surface area contributed by atoms with Gasteiger partial charge in [0.15, 0.2) is 5.78 Å². The summed E-state index contributed by atoms with van der Waals surface area (Å²) in [5, 5.41) is 3.34. The molecule has 0 spiro atoms. The summed E-state index contributed by atoms with van der Waals surface area (Å²) in [6, 6.07) is 0. The molecule has 41 valence electrons. The number of ketones is 1. The molecule has 3 heteroatoms. The Bertz CT molecular complexity index is 160. The van der Waals surface area contributed by atoms with Crippen LogP contribution in [0.1, 0.15) is 6.42 Å². The largest absolute Gasteiger partial charge is 0.294 e. The first-order valence-electron chi connectivity index (χ1n) is 2.22. The maximum absolute atomic E-state index is 10.3. The molecule has 0 aromatic carbocycles. The van der Waals surface area contributed by atoms with Gasteiger partial charge in [0.05, 0.1) is 6.42 Å². The van der Waals surface area contributed by atoms with E-state index < -0.39 is 0 Å². The lowest BCUT2D eigenvalue weighted by atomic mass is 10.2. The number of hydrogen-bond donors (Lipinski definition) is 0. The zero-order valence-corrected chi connectivity index (χ0v) is 4.13. The van der Waals surface area contributed by atoms with E-state index in [1.54, 1.807) is 0 Å². The predicted molar refractivity (Wildman–Crippen MR) is 25.9 cm³/mol. The van der Waals surface area contributed by atoms with Crippen molar-refractivity contribution in [2.24, 2.45) is 0 Å². The topological polar surface area (TPSA) is 48.2 Å². The average molecular weight is 110 g/mol. The summed E-state index contributed by atoms with van der Waals surface area (Å²) in [6.45, 7) is 0. The Kier molecular flexibility index (Phi) is 1.12. The number of hydrogen-bond acceptors (Lipinski definition) is 2. The van der Waals surface area contributed by atoms with E-state index in [1.165, 1.54) is 12.3 Å². The SMILES string of the molecule is O=C1C=C[N]C(=O)C1. The molecule has 1 amide bonds. The van der Waals surface area contributed by atoms with Gasteiger partial charge >= 0.3 is 0 Å². The van der Waals surface area contributed by atoms with E-state index in [4.69, 9.17) is 0 Å². The van der Waals surface area contributed by atoms with Gasteiger partial charge in [-0.1, -0.05) is 0 Å². The van der Waals surface area contributed by atoms with Crippen LogP contribution in [0, 0.1) is 0 Å². The first kappa shape index (κ1) is 5.03. The molecule has 8 heavy (non-hydrogen) atoms. The minimum atomic E-state index is -0.350. The van der Waals surface area contributed by atoms with Crippen molar-refractivity contribution in [2.45, 2.75) is 6.42 Å². The zero-order valence-electron chi connectivity index (χ0n) is 4.13. The lowest BCUT2D eigenvalue weighted by Crippen LogP contribution is -2.18. The van der Waals surface area contributed by atoms with E-state index in [9.17, 15) is 9.59 Å². The second kappa shape index (κ2) is 1.78. The third kappa shape index (κ3) is 0.932. The molecule has 0 fully saturated rings. The molecular weight excluding hydrogens is 106 g/mol. The fourth-order valence-corrected chi connectivity index (χ4v) is 0.457. The van der Waals surface area contributed by atoms with Crippen LogP contribution in [0.15, 0.2) is 12.3 Å². The quantitative estimate of drug-likeness (QED) is 0.398. The molecule has 1 aliphatic heterocycles. The molecule has 1 aliphatic rings. The van der Waals surface area contributed by atoms with Crippen LogP contribution in [0.3, 0.4) is 0 Å². The highest BCUT2D eigenvalue weighted by molar-refractivity contribution is 6.06. The van der Waals surface area contributed by atoms with E-state index >= 15 is 0 Å². The van der Waals surface area contributed by atoms with Crippen LogP contribution < -0.4 is 5.32 Å². The molecular formula is C5H4NO2. The van der Waals surface area contributed by atoms with E-state index in [0.717, 1.165) is 0 Å². The molecule has 3 nitrogen and oxygen atoms in total. The number of carbonyl (C=O) groups is 2. The van der Waals surface area contributed by atoms with Gasteiger partial charge in [-0.05, 0) is 0 Å². The molecule has 0 atom stereocenters. The van der Waals surface area contributed by atoms with Crippen molar-refractivity contribution in [2.75, 3.05) is 0 Å². The average Bonchev–Trinajstić information content (AvgIpc) is 1.64. The van der Waals surface area contributed by atoms with E-state index in [2.05, 4.69) is 5.32 Å². The molecule has 0 unspecified atom stereocenters. The minimum Gasteiger partial charge on any atom is -0.294 e. The summed E-state index contributed by atoms with van der Waals surface area (Å²) in [7, 11) is 0. The van der Waals surface area contributed by atoms with Crippen molar-refractivity contribution < 1.29 is 9.59 Å². The van der Waals surface area contributed by atoms with Crippen molar-refractivity contribution in [3.63, 3.8) is 0 Å². The van der Waals surface area contributed by atoms with Gasteiger partial charge in [0.2, 0.25) is 0 Å². The van der Waals surface area contributed by atoms with Crippen molar-refractivity contribution in [3.8, 4) is 0 Å². The fraction of sp³-hybridized carbons (Fsp3) is 0.200. The van der Waals surface area contributed by atoms with Crippen molar-refractivity contribution >= 4 is 11.7 Å². The molecule has 0 aromatic rings. The van der Waals surface area contributed by atoms with Crippen LogP contribution in [0.5, 0.6) is 0 Å². The Morgan fingerprint density at radius 2 is 2.25 bits per heavy atom. The van der Waals surface area contributed by atoms with Gasteiger partial charge in [-0.25, -0.2) is 5.32 Å². The van der Waals surface area contributed by atoms with Crippen LogP contribution in [0.4, 0.5) is 0 Å². The highest BCUT2D eigenvalue weighted by Gasteiger charge is 2.10. The normalized spacial score (nSPS) is 18.5. The van der Waals surface area contributed by atoms with Crippen molar-refractivity contribution in [1.82, 2.24) is 5.32 Å². The lowest BCUT2D eigenvalue weighted by Gasteiger charge is -1.97. The van der Waals surface area contributed by atoms with Crippen LogP contribution in [-0.4, -0.2) is 11.7 Å². The Morgan fingerprint density at radius 1 is 1.50 bits per heavy atom. The highest BCUT2D eigenvalue weighted by Crippen LogP contribution is 1.92. The maximum atomic E-state index is 10.3.